The minimum Gasteiger partial charge on any atom is -0.438 e. The van der Waals surface area contributed by atoms with Gasteiger partial charge in [0.25, 0.3) is 9.05 Å². The molecule has 2 rings (SSSR count). The van der Waals surface area contributed by atoms with Crippen LogP contribution in [0.25, 0.3) is 0 Å². The summed E-state index contributed by atoms with van der Waals surface area (Å²) in [6.07, 6.45) is 1.35. The molecule has 18 heavy (non-hydrogen) atoms. The second kappa shape index (κ2) is 4.91. The first kappa shape index (κ1) is 12.8. The molecule has 0 spiro atoms. The molecule has 0 aliphatic heterocycles. The molecule has 0 saturated carbocycles. The van der Waals surface area contributed by atoms with Crippen molar-refractivity contribution < 1.29 is 17.5 Å². The smallest absolute Gasteiger partial charge is 0.266 e. The molecule has 0 radical (unpaired) electrons. The van der Waals surface area contributed by atoms with E-state index in [4.69, 9.17) is 15.4 Å². The maximum absolute atomic E-state index is 13.0. The van der Waals surface area contributed by atoms with Gasteiger partial charge in [-0.05, 0) is 24.3 Å². The number of aromatic nitrogens is 1. The highest BCUT2D eigenvalue weighted by Crippen LogP contribution is 2.28. The molecule has 1 aromatic carbocycles. The molecule has 0 N–H and O–H groups in total. The lowest BCUT2D eigenvalue weighted by molar-refractivity contribution is 0.444. The first-order chi connectivity index (χ1) is 8.47. The van der Waals surface area contributed by atoms with Gasteiger partial charge in [-0.15, -0.1) is 0 Å². The van der Waals surface area contributed by atoms with Crippen molar-refractivity contribution in [3.05, 3.63) is 48.4 Å². The van der Waals surface area contributed by atoms with Crippen LogP contribution in [0.5, 0.6) is 11.6 Å². The third-order valence-electron chi connectivity index (χ3n) is 2.01. The minimum atomic E-state index is -3.97. The van der Waals surface area contributed by atoms with Gasteiger partial charge in [-0.1, -0.05) is 6.07 Å². The van der Waals surface area contributed by atoms with E-state index >= 15 is 0 Å². The van der Waals surface area contributed by atoms with E-state index in [9.17, 15) is 12.8 Å². The van der Waals surface area contributed by atoms with Gasteiger partial charge in [-0.25, -0.2) is 17.8 Å². The van der Waals surface area contributed by atoms with Crippen LogP contribution in [0, 0.1) is 5.82 Å². The summed E-state index contributed by atoms with van der Waals surface area (Å²) in [5.41, 5.74) is 0. The summed E-state index contributed by atoms with van der Waals surface area (Å²) in [4.78, 5) is 3.49. The van der Waals surface area contributed by atoms with Crippen LogP contribution in [-0.2, 0) is 9.05 Å². The summed E-state index contributed by atoms with van der Waals surface area (Å²) >= 11 is 0. The number of ether oxygens (including phenoxy) is 1. The topological polar surface area (TPSA) is 56.3 Å². The largest absolute Gasteiger partial charge is 0.438 e. The molecule has 94 valence electrons. The zero-order valence-corrected chi connectivity index (χ0v) is 10.5. The SMILES string of the molecule is O=S(=O)(Cl)c1cccnc1Oc1cccc(F)c1. The van der Waals surface area contributed by atoms with Crippen molar-refractivity contribution in [1.82, 2.24) is 4.98 Å². The number of hydrogen-bond donors (Lipinski definition) is 0. The first-order valence-electron chi connectivity index (χ1n) is 4.80. The average Bonchev–Trinajstić information content (AvgIpc) is 2.28. The Labute approximate surface area is 107 Å². The fourth-order valence-corrected chi connectivity index (χ4v) is 2.18. The quantitative estimate of drug-likeness (QED) is 0.815. The van der Waals surface area contributed by atoms with Crippen molar-refractivity contribution in [2.24, 2.45) is 0 Å². The fourth-order valence-electron chi connectivity index (χ4n) is 1.28. The summed E-state index contributed by atoms with van der Waals surface area (Å²) in [6, 6.07) is 7.92. The normalized spacial score (nSPS) is 11.2. The molecule has 0 aliphatic rings. The van der Waals surface area contributed by atoms with E-state index in [1.54, 1.807) is 0 Å². The van der Waals surface area contributed by atoms with Crippen LogP contribution in [0.1, 0.15) is 0 Å². The van der Waals surface area contributed by atoms with Gasteiger partial charge >= 0.3 is 0 Å². The Morgan fingerprint density at radius 3 is 2.67 bits per heavy atom. The van der Waals surface area contributed by atoms with Crippen molar-refractivity contribution >= 4 is 19.7 Å². The van der Waals surface area contributed by atoms with Crippen molar-refractivity contribution in [3.63, 3.8) is 0 Å². The predicted molar refractivity (Wildman–Crippen MR) is 63.7 cm³/mol. The Balaban J connectivity index is 2.41. The number of benzene rings is 1. The van der Waals surface area contributed by atoms with Gasteiger partial charge in [-0.3, -0.25) is 0 Å². The molecule has 0 saturated heterocycles. The number of rotatable bonds is 3. The number of hydrogen-bond acceptors (Lipinski definition) is 4. The van der Waals surface area contributed by atoms with Crippen molar-refractivity contribution in [1.29, 1.82) is 0 Å². The molecule has 0 aliphatic carbocycles. The lowest BCUT2D eigenvalue weighted by Gasteiger charge is -2.07. The molecule has 1 heterocycles. The van der Waals surface area contributed by atoms with E-state index in [1.165, 1.54) is 36.5 Å². The van der Waals surface area contributed by atoms with Crippen LogP contribution in [0.3, 0.4) is 0 Å². The molecule has 7 heteroatoms. The van der Waals surface area contributed by atoms with Crippen LogP contribution in [0.4, 0.5) is 4.39 Å². The van der Waals surface area contributed by atoms with Gasteiger partial charge in [-0.2, -0.15) is 0 Å². The van der Waals surface area contributed by atoms with Gasteiger partial charge in [0.1, 0.15) is 16.5 Å². The zero-order chi connectivity index (χ0) is 13.2. The van der Waals surface area contributed by atoms with E-state index in [0.29, 0.717) is 0 Å². The molecule has 0 bridgehead atoms. The third-order valence-corrected chi connectivity index (χ3v) is 3.34. The Hall–Kier alpha value is -1.66. The second-order valence-corrected chi connectivity index (χ2v) is 5.84. The van der Waals surface area contributed by atoms with Crippen LogP contribution in [0.2, 0.25) is 0 Å². The molecule has 0 fully saturated rings. The minimum absolute atomic E-state index is 0.135. The molecular formula is C11H7ClFNO3S. The lowest BCUT2D eigenvalue weighted by Crippen LogP contribution is -1.97. The van der Waals surface area contributed by atoms with Gasteiger partial charge in [0.05, 0.1) is 0 Å². The highest BCUT2D eigenvalue weighted by Gasteiger charge is 2.18. The van der Waals surface area contributed by atoms with E-state index in [0.717, 1.165) is 6.07 Å². The first-order valence-corrected chi connectivity index (χ1v) is 7.11. The molecule has 0 unspecified atom stereocenters. The van der Waals surface area contributed by atoms with E-state index in [-0.39, 0.29) is 16.5 Å². The van der Waals surface area contributed by atoms with Crippen LogP contribution in [-0.4, -0.2) is 13.4 Å². The fraction of sp³-hybridized carbons (Fsp3) is 0. The maximum atomic E-state index is 13.0. The van der Waals surface area contributed by atoms with Gasteiger partial charge in [0, 0.05) is 22.9 Å². The maximum Gasteiger partial charge on any atom is 0.266 e. The van der Waals surface area contributed by atoms with E-state index in [2.05, 4.69) is 4.98 Å². The Morgan fingerprint density at radius 2 is 2.00 bits per heavy atom. The molecular weight excluding hydrogens is 281 g/mol. The van der Waals surface area contributed by atoms with Crippen LogP contribution >= 0.6 is 10.7 Å². The summed E-state index contributed by atoms with van der Waals surface area (Å²) < 4.78 is 40.7. The average molecular weight is 288 g/mol. The highest BCUT2D eigenvalue weighted by atomic mass is 35.7. The summed E-state index contributed by atoms with van der Waals surface area (Å²) in [5.74, 6) is -0.563. The molecule has 2 aromatic rings. The zero-order valence-electron chi connectivity index (χ0n) is 8.88. The standard InChI is InChI=1S/C11H7ClFNO3S/c12-18(15,16)10-5-2-6-14-11(10)17-9-4-1-3-8(13)7-9/h1-7H. The molecule has 1 aromatic heterocycles. The molecule has 4 nitrogen and oxygen atoms in total. The van der Waals surface area contributed by atoms with Crippen LogP contribution < -0.4 is 4.74 Å². The Bertz CT molecular complexity index is 675. The summed E-state index contributed by atoms with van der Waals surface area (Å²) in [7, 11) is 1.27. The summed E-state index contributed by atoms with van der Waals surface area (Å²) in [5, 5.41) is 0. The van der Waals surface area contributed by atoms with Crippen LogP contribution in [0.15, 0.2) is 47.5 Å². The van der Waals surface area contributed by atoms with Crippen molar-refractivity contribution in [3.8, 4) is 11.6 Å². The third kappa shape index (κ3) is 2.96. The van der Waals surface area contributed by atoms with E-state index in [1.807, 2.05) is 0 Å². The number of halogens is 2. The van der Waals surface area contributed by atoms with Gasteiger partial charge in [0.15, 0.2) is 0 Å². The van der Waals surface area contributed by atoms with Gasteiger partial charge < -0.3 is 4.74 Å². The Morgan fingerprint density at radius 1 is 1.22 bits per heavy atom. The highest BCUT2D eigenvalue weighted by molar-refractivity contribution is 8.13. The predicted octanol–water partition coefficient (Wildman–Crippen LogP) is 2.94. The number of pyridine rings is 1. The Kier molecular flexibility index (Phi) is 3.49. The molecule has 0 atom stereocenters. The van der Waals surface area contributed by atoms with Crippen molar-refractivity contribution in [2.45, 2.75) is 4.90 Å². The lowest BCUT2D eigenvalue weighted by atomic mass is 10.3. The monoisotopic (exact) mass is 287 g/mol. The molecule has 0 amide bonds. The number of nitrogens with zero attached hydrogens (tertiary/aromatic N) is 1. The van der Waals surface area contributed by atoms with E-state index < -0.39 is 14.9 Å². The van der Waals surface area contributed by atoms with Gasteiger partial charge in [0.2, 0.25) is 5.88 Å². The second-order valence-electron chi connectivity index (χ2n) is 3.30. The van der Waals surface area contributed by atoms with Crippen molar-refractivity contribution in [2.75, 3.05) is 0 Å². The summed E-state index contributed by atoms with van der Waals surface area (Å²) in [6.45, 7) is 0.